The van der Waals surface area contributed by atoms with Gasteiger partial charge in [-0.15, -0.1) is 0 Å². The highest BCUT2D eigenvalue weighted by Crippen LogP contribution is 2.33. The van der Waals surface area contributed by atoms with E-state index in [2.05, 4.69) is 57.2 Å². The second-order valence-corrected chi connectivity index (χ2v) is 7.46. The van der Waals surface area contributed by atoms with Crippen molar-refractivity contribution < 1.29 is 24.5 Å². The third-order valence-electron chi connectivity index (χ3n) is 4.59. The van der Waals surface area contributed by atoms with Crippen molar-refractivity contribution in [2.24, 2.45) is 0 Å². The van der Waals surface area contributed by atoms with Crippen LogP contribution in [0.15, 0.2) is 40.9 Å². The van der Waals surface area contributed by atoms with Crippen molar-refractivity contribution >= 4 is 38.6 Å². The van der Waals surface area contributed by atoms with Crippen molar-refractivity contribution in [2.75, 3.05) is 26.2 Å². The first-order valence-corrected chi connectivity index (χ1v) is 10.3. The van der Waals surface area contributed by atoms with Crippen molar-refractivity contribution in [2.45, 2.75) is 32.1 Å². The molecule has 152 valence electrons. The van der Waals surface area contributed by atoms with E-state index in [1.807, 2.05) is 0 Å². The van der Waals surface area contributed by atoms with Gasteiger partial charge in [0.1, 0.15) is 5.75 Å². The molecular weight excluding hydrogens is 426 g/mol. The number of unbranched alkanes of at least 4 members (excludes halogenated alkanes) is 1. The highest BCUT2D eigenvalue weighted by Gasteiger charge is 2.09. The maximum Gasteiger partial charge on any atom is 0.414 e. The van der Waals surface area contributed by atoms with Gasteiger partial charge in [-0.3, -0.25) is 0 Å². The molecule has 0 aromatic heterocycles. The first-order chi connectivity index (χ1) is 13.5. The van der Waals surface area contributed by atoms with Crippen LogP contribution in [0.5, 0.6) is 5.75 Å². The van der Waals surface area contributed by atoms with E-state index in [0.717, 1.165) is 23.2 Å². The monoisotopic (exact) mass is 451 g/mol. The number of hydrogen-bond acceptors (Lipinski definition) is 4. The Morgan fingerprint density at radius 3 is 2.32 bits per heavy atom. The molecule has 1 saturated heterocycles. The quantitative estimate of drug-likeness (QED) is 0.499. The van der Waals surface area contributed by atoms with Gasteiger partial charge in [-0.25, -0.2) is 9.59 Å². The van der Waals surface area contributed by atoms with Crippen LogP contribution in [-0.4, -0.2) is 53.3 Å². The van der Waals surface area contributed by atoms with E-state index in [9.17, 15) is 0 Å². The fourth-order valence-corrected chi connectivity index (χ4v) is 3.74. The Kier molecular flexibility index (Phi) is 9.23. The lowest BCUT2D eigenvalue weighted by Gasteiger charge is -2.26. The molecule has 1 aliphatic heterocycles. The average molecular weight is 452 g/mol. The summed E-state index contributed by atoms with van der Waals surface area (Å²) >= 11 is 3.68. The third-order valence-corrected chi connectivity index (χ3v) is 5.40. The second-order valence-electron chi connectivity index (χ2n) is 6.67. The van der Waals surface area contributed by atoms with Crippen LogP contribution >= 0.6 is 15.9 Å². The highest BCUT2D eigenvalue weighted by atomic mass is 79.9. The zero-order valence-corrected chi connectivity index (χ0v) is 17.4. The molecule has 1 fully saturated rings. The predicted molar refractivity (Wildman–Crippen MR) is 112 cm³/mol. The van der Waals surface area contributed by atoms with E-state index >= 15 is 0 Å². The lowest BCUT2D eigenvalue weighted by Crippen LogP contribution is -2.30. The van der Waals surface area contributed by atoms with Gasteiger partial charge in [-0.1, -0.05) is 36.8 Å². The Hall–Kier alpha value is -2.12. The molecule has 0 amide bonds. The Balaban J connectivity index is 0.000000409. The number of piperidine rings is 1. The summed E-state index contributed by atoms with van der Waals surface area (Å²) in [5, 5.41) is 17.2. The molecule has 28 heavy (non-hydrogen) atoms. The van der Waals surface area contributed by atoms with Crippen LogP contribution in [-0.2, 0) is 9.59 Å². The van der Waals surface area contributed by atoms with E-state index in [4.69, 9.17) is 24.5 Å². The summed E-state index contributed by atoms with van der Waals surface area (Å²) < 4.78 is 7.04. The maximum absolute atomic E-state index is 9.10. The zero-order chi connectivity index (χ0) is 20.4. The largest absolute Gasteiger partial charge is 0.492 e. The Morgan fingerprint density at radius 1 is 0.964 bits per heavy atom. The smallest absolute Gasteiger partial charge is 0.414 e. The number of carboxylic acid groups (broad SMARTS) is 2. The lowest BCUT2D eigenvalue weighted by atomic mass is 10.1. The number of benzene rings is 2. The molecule has 2 aromatic rings. The minimum atomic E-state index is -1.82. The van der Waals surface area contributed by atoms with Crippen LogP contribution in [0.2, 0.25) is 0 Å². The molecule has 3 rings (SSSR count). The van der Waals surface area contributed by atoms with E-state index < -0.39 is 11.9 Å². The van der Waals surface area contributed by atoms with Gasteiger partial charge in [-0.05, 0) is 78.1 Å². The molecular formula is C21H26BrNO5. The fourth-order valence-electron chi connectivity index (χ4n) is 3.13. The molecule has 0 spiro atoms. The standard InChI is InChI=1S/C19H24BrNO.C2H2O4/c20-19-17-9-3-2-8-16(17)10-11-18(19)22-15-7-6-14-21-12-4-1-5-13-21;3-1(4)2(5)6/h2-3,8-11H,1,4-7,12-15H2;(H,3,4)(H,5,6). The summed E-state index contributed by atoms with van der Waals surface area (Å²) in [4.78, 5) is 20.8. The second kappa shape index (κ2) is 11.7. The summed E-state index contributed by atoms with van der Waals surface area (Å²) in [6.07, 6.45) is 6.51. The number of likely N-dealkylation sites (tertiary alicyclic amines) is 1. The molecule has 1 aliphatic rings. The average Bonchev–Trinajstić information content (AvgIpc) is 2.70. The molecule has 0 aliphatic carbocycles. The van der Waals surface area contributed by atoms with E-state index in [1.165, 1.54) is 56.1 Å². The SMILES string of the molecule is Brc1c(OCCCCN2CCCCC2)ccc2ccccc12.O=C(O)C(=O)O. The van der Waals surface area contributed by atoms with Gasteiger partial charge in [-0.2, -0.15) is 0 Å². The maximum atomic E-state index is 9.10. The van der Waals surface area contributed by atoms with E-state index in [0.29, 0.717) is 0 Å². The topological polar surface area (TPSA) is 87.1 Å². The number of ether oxygens (including phenoxy) is 1. The van der Waals surface area contributed by atoms with Crippen molar-refractivity contribution in [3.8, 4) is 5.75 Å². The van der Waals surface area contributed by atoms with Crippen molar-refractivity contribution in [1.29, 1.82) is 0 Å². The molecule has 0 unspecified atom stereocenters. The number of aliphatic carboxylic acids is 2. The number of carbonyl (C=O) groups is 2. The summed E-state index contributed by atoms with van der Waals surface area (Å²) in [6, 6.07) is 12.6. The molecule has 2 aromatic carbocycles. The van der Waals surface area contributed by atoms with E-state index in [-0.39, 0.29) is 0 Å². The summed E-state index contributed by atoms with van der Waals surface area (Å²) in [6.45, 7) is 4.60. The number of halogens is 1. The fraction of sp³-hybridized carbons (Fsp3) is 0.429. The minimum Gasteiger partial charge on any atom is -0.492 e. The van der Waals surface area contributed by atoms with Crippen molar-refractivity contribution in [1.82, 2.24) is 4.90 Å². The van der Waals surface area contributed by atoms with Crippen LogP contribution in [0.1, 0.15) is 32.1 Å². The highest BCUT2D eigenvalue weighted by molar-refractivity contribution is 9.10. The van der Waals surface area contributed by atoms with Crippen molar-refractivity contribution in [3.05, 3.63) is 40.9 Å². The first kappa shape index (κ1) is 22.2. The van der Waals surface area contributed by atoms with Gasteiger partial charge in [0.25, 0.3) is 0 Å². The number of fused-ring (bicyclic) bond motifs is 1. The van der Waals surface area contributed by atoms with Gasteiger partial charge >= 0.3 is 11.9 Å². The molecule has 6 nitrogen and oxygen atoms in total. The third kappa shape index (κ3) is 7.13. The molecule has 1 heterocycles. The number of rotatable bonds is 6. The normalized spacial score (nSPS) is 14.2. The van der Waals surface area contributed by atoms with Gasteiger partial charge in [0.05, 0.1) is 11.1 Å². The molecule has 0 atom stereocenters. The molecule has 0 bridgehead atoms. The molecule has 2 N–H and O–H groups in total. The number of carboxylic acids is 2. The molecule has 0 saturated carbocycles. The van der Waals surface area contributed by atoms with Crippen LogP contribution in [0.4, 0.5) is 0 Å². The van der Waals surface area contributed by atoms with Gasteiger partial charge in [0.15, 0.2) is 0 Å². The number of nitrogens with zero attached hydrogens (tertiary/aromatic N) is 1. The molecule has 7 heteroatoms. The van der Waals surface area contributed by atoms with Crippen LogP contribution in [0.25, 0.3) is 10.8 Å². The summed E-state index contributed by atoms with van der Waals surface area (Å²) in [5.41, 5.74) is 0. The zero-order valence-electron chi connectivity index (χ0n) is 15.8. The summed E-state index contributed by atoms with van der Waals surface area (Å²) in [7, 11) is 0. The van der Waals surface area contributed by atoms with Gasteiger partial charge in [0.2, 0.25) is 0 Å². The first-order valence-electron chi connectivity index (χ1n) is 9.47. The summed E-state index contributed by atoms with van der Waals surface area (Å²) in [5.74, 6) is -2.69. The van der Waals surface area contributed by atoms with Gasteiger partial charge in [0, 0.05) is 0 Å². The van der Waals surface area contributed by atoms with Crippen LogP contribution in [0, 0.1) is 0 Å². The molecule has 0 radical (unpaired) electrons. The number of hydrogen-bond donors (Lipinski definition) is 2. The Labute approximate surface area is 173 Å². The minimum absolute atomic E-state index is 0.796. The van der Waals surface area contributed by atoms with Crippen LogP contribution < -0.4 is 4.74 Å². The van der Waals surface area contributed by atoms with Crippen molar-refractivity contribution in [3.63, 3.8) is 0 Å². The van der Waals surface area contributed by atoms with Gasteiger partial charge < -0.3 is 19.8 Å². The Morgan fingerprint density at radius 2 is 1.64 bits per heavy atom. The van der Waals surface area contributed by atoms with E-state index in [1.54, 1.807) is 0 Å². The predicted octanol–water partition coefficient (Wildman–Crippen LogP) is 4.40. The van der Waals surface area contributed by atoms with Crippen LogP contribution in [0.3, 0.4) is 0 Å². The lowest BCUT2D eigenvalue weighted by molar-refractivity contribution is -0.159. The Bertz CT molecular complexity index is 777.